The number of imidazole rings is 1. The summed E-state index contributed by atoms with van der Waals surface area (Å²) in [5.41, 5.74) is 1.15. The van der Waals surface area contributed by atoms with E-state index < -0.39 is 22.5 Å². The highest BCUT2D eigenvalue weighted by molar-refractivity contribution is 7.92. The molecule has 154 valence electrons. The number of benzene rings is 2. The van der Waals surface area contributed by atoms with Gasteiger partial charge in [0.1, 0.15) is 12.3 Å². The third-order valence-corrected chi connectivity index (χ3v) is 6.53. The highest BCUT2D eigenvalue weighted by Crippen LogP contribution is 2.27. The largest absolute Gasteiger partial charge is 0.497 e. The molecule has 0 radical (unpaired) electrons. The molecule has 3 rings (SSSR count). The Kier molecular flexibility index (Phi) is 5.38. The number of amides is 1. The number of sulfonamides is 1. The summed E-state index contributed by atoms with van der Waals surface area (Å²) in [4.78, 5) is 24.1. The van der Waals surface area contributed by atoms with Gasteiger partial charge in [0.25, 0.3) is 10.0 Å². The molecule has 0 spiro atoms. The molecule has 0 saturated carbocycles. The van der Waals surface area contributed by atoms with E-state index >= 15 is 0 Å². The number of methoxy groups -OCH3 is 1. The molecule has 1 amide bonds. The maximum Gasteiger partial charge on any atom is 0.328 e. The summed E-state index contributed by atoms with van der Waals surface area (Å²) in [6, 6.07) is 10.8. The van der Waals surface area contributed by atoms with E-state index in [1.165, 1.54) is 35.4 Å². The number of carbonyl (C=O) groups excluding carboxylic acids is 1. The molecule has 1 N–H and O–H groups in total. The summed E-state index contributed by atoms with van der Waals surface area (Å²) in [6.07, 6.45) is 0. The van der Waals surface area contributed by atoms with Gasteiger partial charge in [-0.3, -0.25) is 18.2 Å². The van der Waals surface area contributed by atoms with E-state index in [2.05, 4.69) is 5.32 Å². The van der Waals surface area contributed by atoms with Crippen molar-refractivity contribution in [2.45, 2.75) is 4.90 Å². The second-order valence-electron chi connectivity index (χ2n) is 6.43. The average Bonchev–Trinajstić information content (AvgIpc) is 2.95. The minimum atomic E-state index is -4.08. The quantitative estimate of drug-likeness (QED) is 0.639. The number of hydrogen-bond donors (Lipinski definition) is 1. The molecule has 10 heteroatoms. The van der Waals surface area contributed by atoms with Crippen LogP contribution in [-0.2, 0) is 28.9 Å². The van der Waals surface area contributed by atoms with E-state index in [0.717, 1.165) is 4.31 Å². The van der Waals surface area contributed by atoms with Crippen molar-refractivity contribution in [3.8, 4) is 5.75 Å². The summed E-state index contributed by atoms with van der Waals surface area (Å²) in [5.74, 6) is 0.101. The number of ether oxygens (including phenoxy) is 1. The Morgan fingerprint density at radius 1 is 1.07 bits per heavy atom. The average molecular weight is 418 g/mol. The highest BCUT2D eigenvalue weighted by atomic mass is 32.2. The number of carbonyl (C=O) groups is 1. The van der Waals surface area contributed by atoms with Crippen molar-refractivity contribution in [3.05, 3.63) is 52.9 Å². The summed E-state index contributed by atoms with van der Waals surface area (Å²) < 4.78 is 35.8. The predicted molar refractivity (Wildman–Crippen MR) is 110 cm³/mol. The summed E-state index contributed by atoms with van der Waals surface area (Å²) >= 11 is 0. The number of nitrogens with zero attached hydrogens (tertiary/aromatic N) is 3. The van der Waals surface area contributed by atoms with Crippen LogP contribution in [0.4, 0.5) is 5.69 Å². The molecule has 0 bridgehead atoms. The zero-order chi connectivity index (χ0) is 21.3. The lowest BCUT2D eigenvalue weighted by Crippen LogP contribution is -2.39. The maximum atomic E-state index is 13.4. The van der Waals surface area contributed by atoms with Gasteiger partial charge in [-0.15, -0.1) is 0 Å². The molecule has 0 atom stereocenters. The van der Waals surface area contributed by atoms with Crippen molar-refractivity contribution >= 4 is 32.7 Å². The molecule has 0 aliphatic carbocycles. The predicted octanol–water partition coefficient (Wildman–Crippen LogP) is 0.827. The van der Waals surface area contributed by atoms with E-state index in [-0.39, 0.29) is 10.6 Å². The number of likely N-dealkylation sites (N-methyl/N-ethyl adjacent to an activating group) is 1. The Bertz CT molecular complexity index is 1230. The first-order chi connectivity index (χ1) is 13.7. The number of fused-ring (bicyclic) bond motifs is 1. The number of nitrogens with one attached hydrogen (secondary N) is 1. The van der Waals surface area contributed by atoms with Gasteiger partial charge < -0.3 is 10.1 Å². The van der Waals surface area contributed by atoms with Crippen LogP contribution in [0, 0.1) is 0 Å². The fourth-order valence-electron chi connectivity index (χ4n) is 3.05. The van der Waals surface area contributed by atoms with Gasteiger partial charge in [-0.05, 0) is 42.5 Å². The molecule has 1 aromatic heterocycles. The van der Waals surface area contributed by atoms with E-state index in [4.69, 9.17) is 4.74 Å². The van der Waals surface area contributed by atoms with Gasteiger partial charge in [0.05, 0.1) is 28.7 Å². The molecule has 1 heterocycles. The first-order valence-electron chi connectivity index (χ1n) is 8.73. The third kappa shape index (κ3) is 3.58. The monoisotopic (exact) mass is 418 g/mol. The molecule has 0 fully saturated rings. The molecular weight excluding hydrogens is 396 g/mol. The Morgan fingerprint density at radius 3 is 2.28 bits per heavy atom. The number of aromatic nitrogens is 2. The number of aryl methyl sites for hydroxylation is 2. The van der Waals surface area contributed by atoms with Crippen LogP contribution in [0.3, 0.4) is 0 Å². The van der Waals surface area contributed by atoms with E-state index in [0.29, 0.717) is 22.5 Å². The number of rotatable bonds is 6. The van der Waals surface area contributed by atoms with Crippen LogP contribution in [0.2, 0.25) is 0 Å². The number of hydrogen-bond acceptors (Lipinski definition) is 5. The first-order valence-corrected chi connectivity index (χ1v) is 10.2. The second kappa shape index (κ2) is 7.63. The topological polar surface area (TPSA) is 103 Å². The van der Waals surface area contributed by atoms with Crippen molar-refractivity contribution in [3.63, 3.8) is 0 Å². The van der Waals surface area contributed by atoms with Crippen molar-refractivity contribution < 1.29 is 17.9 Å². The third-order valence-electron chi connectivity index (χ3n) is 4.76. The Hall–Kier alpha value is -3.27. The SMILES string of the molecule is CNC(=O)CN(c1ccc(OC)cc1)S(=O)(=O)c1ccc2c(c1)n(C)c(=O)n2C. The van der Waals surface area contributed by atoms with Gasteiger partial charge in [-0.2, -0.15) is 0 Å². The lowest BCUT2D eigenvalue weighted by molar-refractivity contribution is -0.119. The van der Waals surface area contributed by atoms with Gasteiger partial charge in [0.15, 0.2) is 0 Å². The van der Waals surface area contributed by atoms with Crippen molar-refractivity contribution in [2.75, 3.05) is 25.0 Å². The number of anilines is 1. The molecule has 0 aliphatic heterocycles. The summed E-state index contributed by atoms with van der Waals surface area (Å²) in [6.45, 7) is -0.392. The van der Waals surface area contributed by atoms with Crippen molar-refractivity contribution in [2.24, 2.45) is 14.1 Å². The zero-order valence-electron chi connectivity index (χ0n) is 16.5. The minimum Gasteiger partial charge on any atom is -0.497 e. The standard InChI is InChI=1S/C19H22N4O5S/c1-20-18(24)12-23(13-5-7-14(28-4)8-6-13)29(26,27)15-9-10-16-17(11-15)22(3)19(25)21(16)2/h5-11H,12H2,1-4H3,(H,20,24). The molecule has 29 heavy (non-hydrogen) atoms. The maximum absolute atomic E-state index is 13.4. The fraction of sp³-hybridized carbons (Fsp3) is 0.263. The van der Waals surface area contributed by atoms with Crippen LogP contribution in [0.15, 0.2) is 52.2 Å². The van der Waals surface area contributed by atoms with Crippen LogP contribution in [0.25, 0.3) is 11.0 Å². The Morgan fingerprint density at radius 2 is 1.69 bits per heavy atom. The highest BCUT2D eigenvalue weighted by Gasteiger charge is 2.28. The van der Waals surface area contributed by atoms with Crippen molar-refractivity contribution in [1.82, 2.24) is 14.5 Å². The normalized spacial score (nSPS) is 11.4. The molecule has 0 saturated heterocycles. The van der Waals surface area contributed by atoms with Gasteiger partial charge >= 0.3 is 5.69 Å². The Balaban J connectivity index is 2.15. The molecular formula is C19H22N4O5S. The van der Waals surface area contributed by atoms with Gasteiger partial charge in [0.2, 0.25) is 5.91 Å². The first kappa shape index (κ1) is 20.5. The lowest BCUT2D eigenvalue weighted by Gasteiger charge is -2.24. The van der Waals surface area contributed by atoms with Crippen LogP contribution < -0.4 is 20.0 Å². The Labute approximate surface area is 168 Å². The van der Waals surface area contributed by atoms with E-state index in [1.807, 2.05) is 0 Å². The summed E-state index contributed by atoms with van der Waals surface area (Å²) in [7, 11) is 2.06. The van der Waals surface area contributed by atoms with Crippen LogP contribution in [0.1, 0.15) is 0 Å². The summed E-state index contributed by atoms with van der Waals surface area (Å²) in [5, 5.41) is 2.44. The second-order valence-corrected chi connectivity index (χ2v) is 8.30. The van der Waals surface area contributed by atoms with Crippen LogP contribution in [-0.4, -0.2) is 44.2 Å². The van der Waals surface area contributed by atoms with E-state index in [1.54, 1.807) is 44.4 Å². The minimum absolute atomic E-state index is 0.0223. The van der Waals surface area contributed by atoms with Crippen molar-refractivity contribution in [1.29, 1.82) is 0 Å². The molecule has 2 aromatic carbocycles. The van der Waals surface area contributed by atoms with Crippen LogP contribution >= 0.6 is 0 Å². The molecule has 0 unspecified atom stereocenters. The van der Waals surface area contributed by atoms with Gasteiger partial charge in [-0.25, -0.2) is 13.2 Å². The lowest BCUT2D eigenvalue weighted by atomic mass is 10.3. The molecule has 3 aromatic rings. The fourth-order valence-corrected chi connectivity index (χ4v) is 4.49. The van der Waals surface area contributed by atoms with Gasteiger partial charge in [0, 0.05) is 21.1 Å². The molecule has 0 aliphatic rings. The van der Waals surface area contributed by atoms with Gasteiger partial charge in [-0.1, -0.05) is 0 Å². The smallest absolute Gasteiger partial charge is 0.328 e. The zero-order valence-corrected chi connectivity index (χ0v) is 17.4. The van der Waals surface area contributed by atoms with E-state index in [9.17, 15) is 18.0 Å². The molecule has 9 nitrogen and oxygen atoms in total. The van der Waals surface area contributed by atoms with Crippen LogP contribution in [0.5, 0.6) is 5.75 Å².